The average Bonchev–Trinajstić information content (AvgIpc) is 2.39. The fraction of sp³-hybridized carbons (Fsp3) is 0.923. The molecule has 0 bridgehead atoms. The summed E-state index contributed by atoms with van der Waals surface area (Å²) in [5.74, 6) is -0.0229. The van der Waals surface area contributed by atoms with E-state index < -0.39 is 0 Å². The molecule has 0 amide bonds. The SMILES string of the molecule is COC(=O)C1CCCCN1C1CCCCC1. The average molecular weight is 225 g/mol. The van der Waals surface area contributed by atoms with E-state index in [1.165, 1.54) is 52.1 Å². The zero-order valence-electron chi connectivity index (χ0n) is 10.3. The van der Waals surface area contributed by atoms with Crippen LogP contribution in [0.3, 0.4) is 0 Å². The minimum atomic E-state index is -0.0229. The molecule has 0 aromatic rings. The minimum Gasteiger partial charge on any atom is -0.468 e. The van der Waals surface area contributed by atoms with E-state index in [2.05, 4.69) is 4.90 Å². The molecule has 3 heteroatoms. The van der Waals surface area contributed by atoms with Crippen molar-refractivity contribution in [3.05, 3.63) is 0 Å². The van der Waals surface area contributed by atoms with Crippen molar-refractivity contribution in [2.24, 2.45) is 0 Å². The predicted octanol–water partition coefficient (Wildman–Crippen LogP) is 2.35. The van der Waals surface area contributed by atoms with Gasteiger partial charge >= 0.3 is 5.97 Å². The Hall–Kier alpha value is -0.570. The number of carbonyl (C=O) groups excluding carboxylic acids is 1. The number of methoxy groups -OCH3 is 1. The van der Waals surface area contributed by atoms with Crippen molar-refractivity contribution in [1.29, 1.82) is 0 Å². The molecule has 3 nitrogen and oxygen atoms in total. The Balaban J connectivity index is 2.00. The van der Waals surface area contributed by atoms with Crippen LogP contribution in [0.1, 0.15) is 51.4 Å². The number of rotatable bonds is 2. The molecule has 0 spiro atoms. The van der Waals surface area contributed by atoms with Crippen LogP contribution < -0.4 is 0 Å². The van der Waals surface area contributed by atoms with E-state index in [0.717, 1.165) is 13.0 Å². The summed E-state index contributed by atoms with van der Waals surface area (Å²) in [6, 6.07) is 0.681. The molecule has 0 aromatic carbocycles. The van der Waals surface area contributed by atoms with Crippen LogP contribution in [-0.2, 0) is 9.53 Å². The van der Waals surface area contributed by atoms with Crippen LogP contribution in [0, 0.1) is 0 Å². The molecule has 0 aromatic heterocycles. The Morgan fingerprint density at radius 1 is 1.06 bits per heavy atom. The van der Waals surface area contributed by atoms with Gasteiger partial charge in [0, 0.05) is 6.04 Å². The zero-order valence-corrected chi connectivity index (χ0v) is 10.3. The summed E-state index contributed by atoms with van der Waals surface area (Å²) < 4.78 is 4.93. The molecule has 1 aliphatic carbocycles. The molecule has 16 heavy (non-hydrogen) atoms. The number of ether oxygens (including phenoxy) is 1. The first-order valence-corrected chi connectivity index (χ1v) is 6.66. The van der Waals surface area contributed by atoms with E-state index >= 15 is 0 Å². The van der Waals surface area contributed by atoms with E-state index in [9.17, 15) is 4.79 Å². The number of hydrogen-bond donors (Lipinski definition) is 0. The maximum atomic E-state index is 11.8. The summed E-state index contributed by atoms with van der Waals surface area (Å²) in [4.78, 5) is 14.2. The molecule has 1 atom stereocenters. The van der Waals surface area contributed by atoms with Crippen molar-refractivity contribution in [3.63, 3.8) is 0 Å². The van der Waals surface area contributed by atoms with Crippen molar-refractivity contribution in [3.8, 4) is 0 Å². The minimum absolute atomic E-state index is 0.0229. The number of esters is 1. The molecule has 2 rings (SSSR count). The van der Waals surface area contributed by atoms with E-state index in [0.29, 0.717) is 6.04 Å². The number of carbonyl (C=O) groups is 1. The van der Waals surface area contributed by atoms with Gasteiger partial charge in [0.2, 0.25) is 0 Å². The highest BCUT2D eigenvalue weighted by Crippen LogP contribution is 2.28. The van der Waals surface area contributed by atoms with Crippen molar-refractivity contribution in [2.45, 2.75) is 63.5 Å². The topological polar surface area (TPSA) is 29.5 Å². The van der Waals surface area contributed by atoms with E-state index in [1.54, 1.807) is 0 Å². The molecule has 2 fully saturated rings. The van der Waals surface area contributed by atoms with Crippen LogP contribution >= 0.6 is 0 Å². The Morgan fingerprint density at radius 3 is 2.44 bits per heavy atom. The van der Waals surface area contributed by atoms with Crippen LogP contribution in [-0.4, -0.2) is 36.6 Å². The summed E-state index contributed by atoms with van der Waals surface area (Å²) in [7, 11) is 1.51. The van der Waals surface area contributed by atoms with Gasteiger partial charge in [0.05, 0.1) is 7.11 Å². The van der Waals surface area contributed by atoms with Crippen LogP contribution in [0.4, 0.5) is 0 Å². The largest absolute Gasteiger partial charge is 0.468 e. The van der Waals surface area contributed by atoms with Gasteiger partial charge in [0.25, 0.3) is 0 Å². The summed E-state index contributed by atoms with van der Waals surface area (Å²) in [5, 5.41) is 0. The summed E-state index contributed by atoms with van der Waals surface area (Å²) in [5.41, 5.74) is 0. The fourth-order valence-corrected chi connectivity index (χ4v) is 3.19. The Bertz CT molecular complexity index is 236. The molecule has 2 aliphatic rings. The second-order valence-electron chi connectivity index (χ2n) is 5.06. The van der Waals surface area contributed by atoms with Gasteiger partial charge in [-0.25, -0.2) is 0 Å². The molecule has 1 aliphatic heterocycles. The molecular weight excluding hydrogens is 202 g/mol. The highest BCUT2D eigenvalue weighted by atomic mass is 16.5. The first kappa shape index (κ1) is 11.9. The summed E-state index contributed by atoms with van der Waals surface area (Å²) in [6.07, 6.45) is 9.97. The first-order valence-electron chi connectivity index (χ1n) is 6.66. The van der Waals surface area contributed by atoms with Crippen molar-refractivity contribution in [2.75, 3.05) is 13.7 Å². The lowest BCUT2D eigenvalue weighted by molar-refractivity contribution is -0.149. The molecule has 0 radical (unpaired) electrons. The van der Waals surface area contributed by atoms with Crippen LogP contribution in [0.5, 0.6) is 0 Å². The third-order valence-electron chi connectivity index (χ3n) is 4.06. The Kier molecular flexibility index (Phi) is 4.22. The summed E-state index contributed by atoms with van der Waals surface area (Å²) >= 11 is 0. The molecular formula is C13H23NO2. The van der Waals surface area contributed by atoms with Crippen molar-refractivity contribution < 1.29 is 9.53 Å². The van der Waals surface area contributed by atoms with Gasteiger partial charge in [-0.3, -0.25) is 9.69 Å². The molecule has 1 saturated carbocycles. The third kappa shape index (κ3) is 2.57. The lowest BCUT2D eigenvalue weighted by Crippen LogP contribution is -2.51. The second-order valence-corrected chi connectivity index (χ2v) is 5.06. The molecule has 0 N–H and O–H groups in total. The maximum absolute atomic E-state index is 11.8. The lowest BCUT2D eigenvalue weighted by Gasteiger charge is -2.41. The fourth-order valence-electron chi connectivity index (χ4n) is 3.19. The van der Waals surface area contributed by atoms with Gasteiger partial charge < -0.3 is 4.74 Å². The number of likely N-dealkylation sites (tertiary alicyclic amines) is 1. The van der Waals surface area contributed by atoms with E-state index in [1.807, 2.05) is 0 Å². The first-order chi connectivity index (χ1) is 7.83. The summed E-state index contributed by atoms with van der Waals surface area (Å²) in [6.45, 7) is 1.09. The lowest BCUT2D eigenvalue weighted by atomic mass is 9.90. The molecule has 1 saturated heterocycles. The van der Waals surface area contributed by atoms with Crippen molar-refractivity contribution in [1.82, 2.24) is 4.90 Å². The monoisotopic (exact) mass is 225 g/mol. The van der Waals surface area contributed by atoms with E-state index in [4.69, 9.17) is 4.74 Å². The number of piperidine rings is 1. The Morgan fingerprint density at radius 2 is 1.75 bits per heavy atom. The van der Waals surface area contributed by atoms with Crippen LogP contribution in [0.15, 0.2) is 0 Å². The number of nitrogens with zero attached hydrogens (tertiary/aromatic N) is 1. The molecule has 1 unspecified atom stereocenters. The maximum Gasteiger partial charge on any atom is 0.323 e. The molecule has 1 heterocycles. The van der Waals surface area contributed by atoms with Gasteiger partial charge in [-0.15, -0.1) is 0 Å². The second kappa shape index (κ2) is 5.67. The van der Waals surface area contributed by atoms with Crippen LogP contribution in [0.2, 0.25) is 0 Å². The smallest absolute Gasteiger partial charge is 0.323 e. The third-order valence-corrected chi connectivity index (χ3v) is 4.06. The van der Waals surface area contributed by atoms with Gasteiger partial charge in [0.15, 0.2) is 0 Å². The van der Waals surface area contributed by atoms with Crippen LogP contribution in [0.25, 0.3) is 0 Å². The quantitative estimate of drug-likeness (QED) is 0.676. The van der Waals surface area contributed by atoms with Gasteiger partial charge in [0.1, 0.15) is 6.04 Å². The molecule has 92 valence electrons. The van der Waals surface area contributed by atoms with Gasteiger partial charge in [-0.2, -0.15) is 0 Å². The Labute approximate surface area is 98.1 Å². The van der Waals surface area contributed by atoms with Gasteiger partial charge in [-0.05, 0) is 32.2 Å². The van der Waals surface area contributed by atoms with Gasteiger partial charge in [-0.1, -0.05) is 25.7 Å². The normalized spacial score (nSPS) is 28.9. The van der Waals surface area contributed by atoms with Crippen molar-refractivity contribution >= 4 is 5.97 Å². The predicted molar refractivity (Wildman–Crippen MR) is 63.2 cm³/mol. The van der Waals surface area contributed by atoms with E-state index in [-0.39, 0.29) is 12.0 Å². The zero-order chi connectivity index (χ0) is 11.4. The highest BCUT2D eigenvalue weighted by molar-refractivity contribution is 5.75. The number of hydrogen-bond acceptors (Lipinski definition) is 3. The standard InChI is InChI=1S/C13H23NO2/c1-16-13(15)12-9-5-6-10-14(12)11-7-3-2-4-8-11/h11-12H,2-10H2,1H3. The highest BCUT2D eigenvalue weighted by Gasteiger charge is 2.34.